The summed E-state index contributed by atoms with van der Waals surface area (Å²) in [6, 6.07) is 12.2. The first kappa shape index (κ1) is 20.1. The van der Waals surface area contributed by atoms with Crippen molar-refractivity contribution in [1.82, 2.24) is 20.4 Å². The molecule has 3 atom stereocenters. The predicted octanol–water partition coefficient (Wildman–Crippen LogP) is 1.71. The fraction of sp³-hybridized carbons (Fsp3) is 0.545. The molecule has 1 amide bonds. The summed E-state index contributed by atoms with van der Waals surface area (Å²) in [4.78, 5) is 14.9. The van der Waals surface area contributed by atoms with Gasteiger partial charge in [0.2, 0.25) is 0 Å². The zero-order valence-electron chi connectivity index (χ0n) is 16.7. The van der Waals surface area contributed by atoms with Crippen LogP contribution in [0.4, 0.5) is 0 Å². The third-order valence-corrected chi connectivity index (χ3v) is 6.52. The molecule has 2 aromatic rings. The van der Waals surface area contributed by atoms with Crippen LogP contribution in [0.2, 0.25) is 0 Å². The number of aromatic nitrogens is 2. The highest BCUT2D eigenvalue weighted by Gasteiger charge is 2.40. The summed E-state index contributed by atoms with van der Waals surface area (Å²) >= 11 is 0. The third-order valence-electron chi connectivity index (χ3n) is 6.52. The summed E-state index contributed by atoms with van der Waals surface area (Å²) in [5, 5.41) is 20.6. The van der Waals surface area contributed by atoms with E-state index in [1.165, 1.54) is 5.56 Å². The van der Waals surface area contributed by atoms with Gasteiger partial charge in [0.15, 0.2) is 0 Å². The lowest BCUT2D eigenvalue weighted by molar-refractivity contribution is -0.0236. The van der Waals surface area contributed by atoms with Gasteiger partial charge in [0.1, 0.15) is 5.69 Å². The van der Waals surface area contributed by atoms with Gasteiger partial charge in [-0.15, -0.1) is 0 Å². The minimum atomic E-state index is -0.359. The molecule has 2 heterocycles. The van der Waals surface area contributed by atoms with Crippen LogP contribution in [-0.4, -0.2) is 71.1 Å². The van der Waals surface area contributed by atoms with Gasteiger partial charge in [-0.3, -0.25) is 14.8 Å². The van der Waals surface area contributed by atoms with Crippen LogP contribution in [0.25, 0.3) is 0 Å². The number of aliphatic hydroxyl groups excluding tert-OH is 1. The van der Waals surface area contributed by atoms with E-state index in [0.717, 1.165) is 52.0 Å². The third kappa shape index (κ3) is 4.52. The predicted molar refractivity (Wildman–Crippen MR) is 110 cm³/mol. The number of ether oxygens (including phenoxy) is 1. The monoisotopic (exact) mass is 398 g/mol. The summed E-state index contributed by atoms with van der Waals surface area (Å²) in [6.45, 7) is 3.74. The molecule has 1 saturated carbocycles. The second-order valence-electron chi connectivity index (χ2n) is 8.16. The van der Waals surface area contributed by atoms with Gasteiger partial charge < -0.3 is 15.2 Å². The first-order chi connectivity index (χ1) is 14.2. The summed E-state index contributed by atoms with van der Waals surface area (Å²) in [5.74, 6) is -0.146. The van der Waals surface area contributed by atoms with E-state index in [4.69, 9.17) is 4.74 Å². The van der Waals surface area contributed by atoms with E-state index >= 15 is 0 Å². The second kappa shape index (κ2) is 9.07. The summed E-state index contributed by atoms with van der Waals surface area (Å²) in [5.41, 5.74) is 1.49. The lowest BCUT2D eigenvalue weighted by atomic mass is 9.74. The summed E-state index contributed by atoms with van der Waals surface area (Å²) < 4.78 is 5.49. The second-order valence-corrected chi connectivity index (χ2v) is 8.16. The Morgan fingerprint density at radius 3 is 2.69 bits per heavy atom. The lowest BCUT2D eigenvalue weighted by Crippen LogP contribution is -2.48. The largest absolute Gasteiger partial charge is 0.391 e. The molecule has 0 radical (unpaired) electrons. The van der Waals surface area contributed by atoms with Crippen LogP contribution in [0, 0.1) is 0 Å². The molecule has 156 valence electrons. The summed E-state index contributed by atoms with van der Waals surface area (Å²) in [7, 11) is 0. The molecule has 4 rings (SSSR count). The van der Waals surface area contributed by atoms with Crippen LogP contribution < -0.4 is 5.32 Å². The van der Waals surface area contributed by atoms with E-state index in [-0.39, 0.29) is 23.5 Å². The van der Waals surface area contributed by atoms with Crippen LogP contribution in [0.1, 0.15) is 41.7 Å². The van der Waals surface area contributed by atoms with Crippen molar-refractivity contribution in [3.05, 3.63) is 53.9 Å². The van der Waals surface area contributed by atoms with Crippen LogP contribution in [0.15, 0.2) is 42.6 Å². The molecule has 1 aromatic carbocycles. The number of amides is 1. The van der Waals surface area contributed by atoms with Crippen molar-refractivity contribution >= 4 is 5.91 Å². The molecule has 0 bridgehead atoms. The van der Waals surface area contributed by atoms with Gasteiger partial charge in [0, 0.05) is 37.3 Å². The van der Waals surface area contributed by atoms with Crippen molar-refractivity contribution in [2.75, 3.05) is 32.8 Å². The fourth-order valence-corrected chi connectivity index (χ4v) is 4.78. The Morgan fingerprint density at radius 1 is 1.21 bits per heavy atom. The van der Waals surface area contributed by atoms with Gasteiger partial charge in [-0.25, -0.2) is 0 Å². The van der Waals surface area contributed by atoms with Crippen molar-refractivity contribution in [3.8, 4) is 0 Å². The van der Waals surface area contributed by atoms with Gasteiger partial charge >= 0.3 is 0 Å². The molecule has 7 heteroatoms. The maximum Gasteiger partial charge on any atom is 0.269 e. The number of nitrogens with one attached hydrogen (secondary N) is 2. The number of hydrogen-bond donors (Lipinski definition) is 3. The quantitative estimate of drug-likeness (QED) is 0.667. The number of nitrogens with zero attached hydrogens (tertiary/aromatic N) is 2. The van der Waals surface area contributed by atoms with Crippen molar-refractivity contribution in [3.63, 3.8) is 0 Å². The number of morpholine rings is 1. The molecule has 0 spiro atoms. The Bertz CT molecular complexity index is 777. The Morgan fingerprint density at radius 2 is 1.97 bits per heavy atom. The van der Waals surface area contributed by atoms with Crippen LogP contribution in [0.3, 0.4) is 0 Å². The molecule has 1 aliphatic carbocycles. The molecule has 1 saturated heterocycles. The minimum Gasteiger partial charge on any atom is -0.391 e. The molecule has 0 unspecified atom stereocenters. The number of H-pyrrole nitrogens is 1. The zero-order chi connectivity index (χ0) is 20.1. The van der Waals surface area contributed by atoms with Crippen molar-refractivity contribution in [1.29, 1.82) is 0 Å². The van der Waals surface area contributed by atoms with Crippen molar-refractivity contribution in [2.45, 2.75) is 43.2 Å². The maximum absolute atomic E-state index is 12.5. The van der Waals surface area contributed by atoms with Crippen molar-refractivity contribution in [2.24, 2.45) is 0 Å². The smallest absolute Gasteiger partial charge is 0.269 e. The standard InChI is InChI=1S/C22H30N4O3/c27-20-7-10-22(17-4-2-1-3-5-17,16-23-21(28)18-8-11-24-25-18)9-6-19(20)26-12-14-29-15-13-26/h1-5,8,11,19-20,27H,6-7,9-10,12-16H2,(H,23,28)(H,24,25)/t19-,20-,22-/m1/s1. The fourth-order valence-electron chi connectivity index (χ4n) is 4.78. The number of aliphatic hydroxyl groups is 1. The average Bonchev–Trinajstić information content (AvgIpc) is 3.26. The number of carbonyl (C=O) groups is 1. The molecule has 7 nitrogen and oxygen atoms in total. The van der Waals surface area contributed by atoms with E-state index in [1.807, 2.05) is 6.07 Å². The van der Waals surface area contributed by atoms with Gasteiger partial charge in [0.25, 0.3) is 5.91 Å². The zero-order valence-corrected chi connectivity index (χ0v) is 16.7. The van der Waals surface area contributed by atoms with E-state index in [1.54, 1.807) is 12.3 Å². The van der Waals surface area contributed by atoms with E-state index in [0.29, 0.717) is 12.2 Å². The van der Waals surface area contributed by atoms with Crippen molar-refractivity contribution < 1.29 is 14.6 Å². The Kier molecular flexibility index (Phi) is 6.28. The van der Waals surface area contributed by atoms with Crippen LogP contribution in [0.5, 0.6) is 0 Å². The van der Waals surface area contributed by atoms with Crippen LogP contribution in [-0.2, 0) is 10.2 Å². The first-order valence-electron chi connectivity index (χ1n) is 10.5. The number of carbonyl (C=O) groups excluding carboxylic acids is 1. The minimum absolute atomic E-state index is 0.146. The highest BCUT2D eigenvalue weighted by Crippen LogP contribution is 2.39. The number of rotatable bonds is 5. The van der Waals surface area contributed by atoms with Gasteiger partial charge in [-0.2, -0.15) is 5.10 Å². The van der Waals surface area contributed by atoms with Gasteiger partial charge in [0.05, 0.1) is 19.3 Å². The Hall–Kier alpha value is -2.22. The maximum atomic E-state index is 12.5. The molecule has 2 fully saturated rings. The topological polar surface area (TPSA) is 90.5 Å². The number of hydrogen-bond acceptors (Lipinski definition) is 5. The molecular weight excluding hydrogens is 368 g/mol. The molecule has 1 aromatic heterocycles. The normalized spacial score (nSPS) is 28.6. The Labute approximate surface area is 171 Å². The van der Waals surface area contributed by atoms with E-state index in [2.05, 4.69) is 44.7 Å². The SMILES string of the molecule is O=C(NC[C@]1(c2ccccc2)CC[C@@H](O)[C@H](N2CCOCC2)CC1)c1ccn[nH]1. The van der Waals surface area contributed by atoms with Crippen LogP contribution >= 0.6 is 0 Å². The van der Waals surface area contributed by atoms with E-state index in [9.17, 15) is 9.90 Å². The van der Waals surface area contributed by atoms with E-state index < -0.39 is 0 Å². The van der Waals surface area contributed by atoms with Gasteiger partial charge in [-0.1, -0.05) is 30.3 Å². The Balaban J connectivity index is 1.53. The first-order valence-corrected chi connectivity index (χ1v) is 10.5. The highest BCUT2D eigenvalue weighted by atomic mass is 16.5. The molecular formula is C22H30N4O3. The highest BCUT2D eigenvalue weighted by molar-refractivity contribution is 5.92. The number of benzene rings is 1. The lowest BCUT2D eigenvalue weighted by Gasteiger charge is -2.37. The number of aromatic amines is 1. The molecule has 1 aliphatic heterocycles. The summed E-state index contributed by atoms with van der Waals surface area (Å²) in [6.07, 6.45) is 4.59. The van der Waals surface area contributed by atoms with Gasteiger partial charge in [-0.05, 0) is 37.3 Å². The molecule has 29 heavy (non-hydrogen) atoms. The molecule has 2 aliphatic rings. The average molecular weight is 399 g/mol. The molecule has 3 N–H and O–H groups in total.